The highest BCUT2D eigenvalue weighted by Crippen LogP contribution is 2.26. The standard InChI is InChI=1S/C20H19NO2/c1-14-7-3-4-10-17(14)13-21(2)20(23)18-11-15-8-5-6-9-16(15)12-19(18)22/h3-12,22H,13H2,1-2H3. The maximum Gasteiger partial charge on any atom is 0.257 e. The second-order valence-electron chi connectivity index (χ2n) is 5.80. The lowest BCUT2D eigenvalue weighted by atomic mass is 10.0. The molecule has 0 fully saturated rings. The quantitative estimate of drug-likeness (QED) is 0.790. The Morgan fingerprint density at radius 2 is 1.61 bits per heavy atom. The minimum atomic E-state index is -0.184. The lowest BCUT2D eigenvalue weighted by Crippen LogP contribution is -2.26. The van der Waals surface area contributed by atoms with Crippen molar-refractivity contribution in [1.29, 1.82) is 0 Å². The summed E-state index contributed by atoms with van der Waals surface area (Å²) in [5.74, 6) is -0.165. The first kappa shape index (κ1) is 15.1. The summed E-state index contributed by atoms with van der Waals surface area (Å²) in [7, 11) is 1.75. The van der Waals surface area contributed by atoms with E-state index in [1.807, 2.05) is 55.5 Å². The van der Waals surface area contributed by atoms with E-state index in [0.717, 1.165) is 21.9 Å². The van der Waals surface area contributed by atoms with Gasteiger partial charge >= 0.3 is 0 Å². The van der Waals surface area contributed by atoms with E-state index in [2.05, 4.69) is 0 Å². The molecule has 0 atom stereocenters. The molecule has 0 saturated carbocycles. The van der Waals surface area contributed by atoms with E-state index < -0.39 is 0 Å². The Labute approximate surface area is 135 Å². The summed E-state index contributed by atoms with van der Waals surface area (Å²) >= 11 is 0. The average Bonchev–Trinajstić information content (AvgIpc) is 2.55. The van der Waals surface area contributed by atoms with Crippen LogP contribution in [0.2, 0.25) is 0 Å². The number of amides is 1. The van der Waals surface area contributed by atoms with Crippen molar-refractivity contribution in [2.75, 3.05) is 7.05 Å². The summed E-state index contributed by atoms with van der Waals surface area (Å²) in [4.78, 5) is 14.3. The van der Waals surface area contributed by atoms with E-state index in [1.165, 1.54) is 0 Å². The summed E-state index contributed by atoms with van der Waals surface area (Å²) in [5.41, 5.74) is 2.58. The van der Waals surface area contributed by atoms with E-state index in [9.17, 15) is 9.90 Å². The topological polar surface area (TPSA) is 40.5 Å². The molecule has 1 amide bonds. The molecule has 0 saturated heterocycles. The Hall–Kier alpha value is -2.81. The first-order valence-corrected chi connectivity index (χ1v) is 7.58. The number of carbonyl (C=O) groups is 1. The van der Waals surface area contributed by atoms with Crippen LogP contribution in [0.4, 0.5) is 0 Å². The van der Waals surface area contributed by atoms with E-state index in [1.54, 1.807) is 24.1 Å². The predicted octanol–water partition coefficient (Wildman–Crippen LogP) is 4.13. The zero-order valence-corrected chi connectivity index (χ0v) is 13.3. The van der Waals surface area contributed by atoms with Crippen LogP contribution < -0.4 is 0 Å². The fraction of sp³-hybridized carbons (Fsp3) is 0.150. The van der Waals surface area contributed by atoms with Gasteiger partial charge in [0.05, 0.1) is 5.56 Å². The van der Waals surface area contributed by atoms with E-state index in [-0.39, 0.29) is 11.7 Å². The first-order valence-electron chi connectivity index (χ1n) is 7.58. The molecule has 0 aromatic heterocycles. The van der Waals surface area contributed by atoms with Gasteiger partial charge in [0.25, 0.3) is 5.91 Å². The third-order valence-corrected chi connectivity index (χ3v) is 4.11. The minimum absolute atomic E-state index is 0.0188. The van der Waals surface area contributed by atoms with Gasteiger partial charge in [0, 0.05) is 13.6 Å². The number of hydrogen-bond acceptors (Lipinski definition) is 2. The van der Waals surface area contributed by atoms with Crippen LogP contribution in [0.15, 0.2) is 60.7 Å². The maximum absolute atomic E-state index is 12.7. The Balaban J connectivity index is 1.90. The highest BCUT2D eigenvalue weighted by atomic mass is 16.3. The van der Waals surface area contributed by atoms with Gasteiger partial charge in [0.1, 0.15) is 5.75 Å². The van der Waals surface area contributed by atoms with Crippen molar-refractivity contribution >= 4 is 16.7 Å². The molecule has 3 nitrogen and oxygen atoms in total. The number of carbonyl (C=O) groups excluding carboxylic acids is 1. The van der Waals surface area contributed by atoms with Gasteiger partial charge in [-0.05, 0) is 41.0 Å². The molecule has 3 aromatic rings. The summed E-state index contributed by atoms with van der Waals surface area (Å²) in [6, 6.07) is 19.1. The largest absolute Gasteiger partial charge is 0.507 e. The predicted molar refractivity (Wildman–Crippen MR) is 92.6 cm³/mol. The van der Waals surface area contributed by atoms with Gasteiger partial charge in [-0.3, -0.25) is 4.79 Å². The van der Waals surface area contributed by atoms with Crippen molar-refractivity contribution in [2.24, 2.45) is 0 Å². The Bertz CT molecular complexity index is 870. The van der Waals surface area contributed by atoms with Gasteiger partial charge in [-0.2, -0.15) is 0 Å². The SMILES string of the molecule is Cc1ccccc1CN(C)C(=O)c1cc2ccccc2cc1O. The molecule has 3 aromatic carbocycles. The second kappa shape index (κ2) is 6.13. The number of fused-ring (bicyclic) bond motifs is 1. The molecule has 0 aliphatic carbocycles. The molecule has 0 heterocycles. The fourth-order valence-corrected chi connectivity index (χ4v) is 2.72. The molecule has 23 heavy (non-hydrogen) atoms. The Morgan fingerprint density at radius 1 is 1.00 bits per heavy atom. The lowest BCUT2D eigenvalue weighted by Gasteiger charge is -2.19. The van der Waals surface area contributed by atoms with Crippen LogP contribution in [0.1, 0.15) is 21.5 Å². The Kier molecular flexibility index (Phi) is 4.02. The molecule has 1 N–H and O–H groups in total. The highest BCUT2D eigenvalue weighted by Gasteiger charge is 2.17. The van der Waals surface area contributed by atoms with Gasteiger partial charge in [-0.25, -0.2) is 0 Å². The number of benzene rings is 3. The zero-order chi connectivity index (χ0) is 16.4. The first-order chi connectivity index (χ1) is 11.1. The summed E-state index contributed by atoms with van der Waals surface area (Å²) in [5, 5.41) is 12.1. The number of aryl methyl sites for hydroxylation is 1. The van der Waals surface area contributed by atoms with E-state index in [4.69, 9.17) is 0 Å². The van der Waals surface area contributed by atoms with Gasteiger partial charge in [0.2, 0.25) is 0 Å². The van der Waals surface area contributed by atoms with Gasteiger partial charge in [-0.15, -0.1) is 0 Å². The van der Waals surface area contributed by atoms with Crippen LogP contribution in [0.25, 0.3) is 10.8 Å². The fourth-order valence-electron chi connectivity index (χ4n) is 2.72. The monoisotopic (exact) mass is 305 g/mol. The number of nitrogens with zero attached hydrogens (tertiary/aromatic N) is 1. The van der Waals surface area contributed by atoms with Crippen LogP contribution in [-0.2, 0) is 6.54 Å². The van der Waals surface area contributed by atoms with Crippen molar-refractivity contribution < 1.29 is 9.90 Å². The minimum Gasteiger partial charge on any atom is -0.507 e. The molecule has 3 rings (SSSR count). The van der Waals surface area contributed by atoms with E-state index >= 15 is 0 Å². The smallest absolute Gasteiger partial charge is 0.257 e. The number of hydrogen-bond donors (Lipinski definition) is 1. The van der Waals surface area contributed by atoms with E-state index in [0.29, 0.717) is 12.1 Å². The molecular weight excluding hydrogens is 286 g/mol. The van der Waals surface area contributed by atoms with Crippen molar-refractivity contribution in [2.45, 2.75) is 13.5 Å². The van der Waals surface area contributed by atoms with Gasteiger partial charge < -0.3 is 10.0 Å². The molecule has 0 unspecified atom stereocenters. The molecule has 116 valence electrons. The molecule has 0 radical (unpaired) electrons. The maximum atomic E-state index is 12.7. The zero-order valence-electron chi connectivity index (χ0n) is 13.3. The average molecular weight is 305 g/mol. The van der Waals surface area contributed by atoms with Gasteiger partial charge in [-0.1, -0.05) is 48.5 Å². The number of phenols is 1. The third kappa shape index (κ3) is 3.04. The summed E-state index contributed by atoms with van der Waals surface area (Å²) in [6.07, 6.45) is 0. The van der Waals surface area contributed by atoms with Crippen molar-refractivity contribution in [3.05, 3.63) is 77.4 Å². The number of phenolic OH excluding ortho intramolecular Hbond substituents is 1. The van der Waals surface area contributed by atoms with Crippen LogP contribution in [0, 0.1) is 6.92 Å². The number of rotatable bonds is 3. The molecule has 0 bridgehead atoms. The molecule has 0 aliphatic rings. The molecule has 0 spiro atoms. The molecule has 0 aliphatic heterocycles. The van der Waals surface area contributed by atoms with Gasteiger partial charge in [0.15, 0.2) is 0 Å². The van der Waals surface area contributed by atoms with Crippen LogP contribution >= 0.6 is 0 Å². The summed E-state index contributed by atoms with van der Waals surface area (Å²) < 4.78 is 0. The van der Waals surface area contributed by atoms with Crippen LogP contribution in [-0.4, -0.2) is 23.0 Å². The normalized spacial score (nSPS) is 10.7. The van der Waals surface area contributed by atoms with Crippen molar-refractivity contribution in [3.63, 3.8) is 0 Å². The van der Waals surface area contributed by atoms with Crippen molar-refractivity contribution in [1.82, 2.24) is 4.90 Å². The summed E-state index contributed by atoms with van der Waals surface area (Å²) in [6.45, 7) is 2.54. The molecular formula is C20H19NO2. The number of aromatic hydroxyl groups is 1. The lowest BCUT2D eigenvalue weighted by molar-refractivity contribution is 0.0782. The molecule has 3 heteroatoms. The van der Waals surface area contributed by atoms with Crippen LogP contribution in [0.3, 0.4) is 0 Å². The van der Waals surface area contributed by atoms with Crippen LogP contribution in [0.5, 0.6) is 5.75 Å². The Morgan fingerprint density at radius 3 is 2.30 bits per heavy atom. The van der Waals surface area contributed by atoms with Crippen molar-refractivity contribution in [3.8, 4) is 5.75 Å². The second-order valence-corrected chi connectivity index (χ2v) is 5.80. The third-order valence-electron chi connectivity index (χ3n) is 4.11. The highest BCUT2D eigenvalue weighted by molar-refractivity contribution is 6.01.